The molecule has 34 heavy (non-hydrogen) atoms. The SMILES string of the molecule is CO[C@H]1CC(OC(C)=O)[C@@H](OC(C)=O)C(c2ccc(C)c(Cc3ccc4c(c3)OCCO4)c2)O1. The molecule has 0 aromatic heterocycles. The van der Waals surface area contributed by atoms with Crippen LogP contribution in [-0.4, -0.2) is 50.8 Å². The third-order valence-electron chi connectivity index (χ3n) is 5.97. The van der Waals surface area contributed by atoms with Gasteiger partial charge in [0.05, 0.1) is 0 Å². The first kappa shape index (κ1) is 24.0. The molecule has 2 unspecified atom stereocenters. The van der Waals surface area contributed by atoms with Crippen LogP contribution in [0.4, 0.5) is 0 Å². The Hall–Kier alpha value is -3.10. The number of fused-ring (bicyclic) bond motifs is 1. The minimum absolute atomic E-state index is 0.264. The van der Waals surface area contributed by atoms with Crippen LogP contribution in [0.3, 0.4) is 0 Å². The van der Waals surface area contributed by atoms with E-state index in [9.17, 15) is 9.59 Å². The van der Waals surface area contributed by atoms with Gasteiger partial charge in [-0.25, -0.2) is 0 Å². The third kappa shape index (κ3) is 5.51. The van der Waals surface area contributed by atoms with Gasteiger partial charge < -0.3 is 28.4 Å². The molecular formula is C26H30O8. The van der Waals surface area contributed by atoms with Gasteiger partial charge in [0.25, 0.3) is 0 Å². The Bertz CT molecular complexity index is 1050. The Morgan fingerprint density at radius 1 is 0.971 bits per heavy atom. The molecule has 1 fully saturated rings. The maximum absolute atomic E-state index is 11.9. The molecule has 4 rings (SSSR count). The van der Waals surface area contributed by atoms with Gasteiger partial charge in [0.1, 0.15) is 25.4 Å². The molecule has 0 amide bonds. The van der Waals surface area contributed by atoms with Crippen molar-refractivity contribution in [2.45, 2.75) is 58.2 Å². The van der Waals surface area contributed by atoms with E-state index in [-0.39, 0.29) is 6.42 Å². The summed E-state index contributed by atoms with van der Waals surface area (Å²) < 4.78 is 34.0. The van der Waals surface area contributed by atoms with Crippen molar-refractivity contribution >= 4 is 11.9 Å². The zero-order chi connectivity index (χ0) is 24.2. The molecule has 0 spiro atoms. The molecule has 0 N–H and O–H groups in total. The second-order valence-electron chi connectivity index (χ2n) is 8.52. The van der Waals surface area contributed by atoms with Gasteiger partial charge in [-0.3, -0.25) is 9.59 Å². The van der Waals surface area contributed by atoms with Crippen LogP contribution in [0, 0.1) is 6.92 Å². The monoisotopic (exact) mass is 470 g/mol. The van der Waals surface area contributed by atoms with Crippen molar-refractivity contribution in [3.8, 4) is 11.5 Å². The van der Waals surface area contributed by atoms with Crippen molar-refractivity contribution in [3.05, 3.63) is 58.7 Å². The lowest BCUT2D eigenvalue weighted by Gasteiger charge is -2.40. The molecule has 1 saturated heterocycles. The van der Waals surface area contributed by atoms with Crippen molar-refractivity contribution < 1.29 is 38.0 Å². The van der Waals surface area contributed by atoms with E-state index in [1.807, 2.05) is 43.3 Å². The van der Waals surface area contributed by atoms with Crippen molar-refractivity contribution in [1.82, 2.24) is 0 Å². The van der Waals surface area contributed by atoms with Crippen LogP contribution in [0.1, 0.15) is 48.6 Å². The molecule has 182 valence electrons. The van der Waals surface area contributed by atoms with Crippen molar-refractivity contribution in [1.29, 1.82) is 0 Å². The summed E-state index contributed by atoms with van der Waals surface area (Å²) in [6, 6.07) is 11.9. The first-order valence-corrected chi connectivity index (χ1v) is 11.3. The topological polar surface area (TPSA) is 89.5 Å². The average molecular weight is 471 g/mol. The van der Waals surface area contributed by atoms with E-state index >= 15 is 0 Å². The molecule has 2 aromatic rings. The van der Waals surface area contributed by atoms with Gasteiger partial charge in [0.2, 0.25) is 0 Å². The van der Waals surface area contributed by atoms with E-state index in [1.165, 1.54) is 21.0 Å². The first-order valence-electron chi connectivity index (χ1n) is 11.3. The van der Waals surface area contributed by atoms with E-state index in [2.05, 4.69) is 0 Å². The van der Waals surface area contributed by atoms with Gasteiger partial charge in [0.15, 0.2) is 23.9 Å². The van der Waals surface area contributed by atoms with Gasteiger partial charge >= 0.3 is 11.9 Å². The second-order valence-corrected chi connectivity index (χ2v) is 8.52. The minimum atomic E-state index is -0.794. The van der Waals surface area contributed by atoms with Crippen LogP contribution in [0.15, 0.2) is 36.4 Å². The first-order chi connectivity index (χ1) is 16.3. The molecule has 0 bridgehead atoms. The molecular weight excluding hydrogens is 440 g/mol. The summed E-state index contributed by atoms with van der Waals surface area (Å²) in [4.78, 5) is 23.6. The van der Waals surface area contributed by atoms with Crippen molar-refractivity contribution in [2.24, 2.45) is 0 Å². The van der Waals surface area contributed by atoms with E-state index in [4.69, 9.17) is 28.4 Å². The molecule has 2 aromatic carbocycles. The molecule has 2 heterocycles. The predicted molar refractivity (Wildman–Crippen MR) is 122 cm³/mol. The average Bonchev–Trinajstić information content (AvgIpc) is 2.81. The predicted octanol–water partition coefficient (Wildman–Crippen LogP) is 3.65. The number of ether oxygens (including phenoxy) is 6. The van der Waals surface area contributed by atoms with Gasteiger partial charge in [-0.1, -0.05) is 24.3 Å². The Morgan fingerprint density at radius 2 is 1.71 bits per heavy atom. The fourth-order valence-corrected chi connectivity index (χ4v) is 4.37. The van der Waals surface area contributed by atoms with Crippen LogP contribution < -0.4 is 9.47 Å². The summed E-state index contributed by atoms with van der Waals surface area (Å²) in [7, 11) is 1.53. The van der Waals surface area contributed by atoms with Crippen LogP contribution in [0.25, 0.3) is 0 Å². The Kier molecular flexibility index (Phi) is 7.38. The highest BCUT2D eigenvalue weighted by molar-refractivity contribution is 5.67. The summed E-state index contributed by atoms with van der Waals surface area (Å²) in [6.45, 7) is 5.78. The second kappa shape index (κ2) is 10.4. The zero-order valence-electron chi connectivity index (χ0n) is 19.9. The summed E-state index contributed by atoms with van der Waals surface area (Å²) in [5.41, 5.74) is 4.09. The molecule has 0 aliphatic carbocycles. The lowest BCUT2D eigenvalue weighted by atomic mass is 9.91. The smallest absolute Gasteiger partial charge is 0.303 e. The molecule has 2 aliphatic heterocycles. The largest absolute Gasteiger partial charge is 0.486 e. The fraction of sp³-hybridized carbons (Fsp3) is 0.462. The number of hydrogen-bond donors (Lipinski definition) is 0. The van der Waals surface area contributed by atoms with Crippen LogP contribution >= 0.6 is 0 Å². The van der Waals surface area contributed by atoms with Gasteiger partial charge in [-0.2, -0.15) is 0 Å². The highest BCUT2D eigenvalue weighted by Crippen LogP contribution is 2.37. The molecule has 8 heteroatoms. The third-order valence-corrected chi connectivity index (χ3v) is 5.97. The molecule has 0 radical (unpaired) electrons. The van der Waals surface area contributed by atoms with Crippen LogP contribution in [-0.2, 0) is 35.0 Å². The van der Waals surface area contributed by atoms with E-state index in [1.54, 1.807) is 0 Å². The highest BCUT2D eigenvalue weighted by atomic mass is 16.7. The highest BCUT2D eigenvalue weighted by Gasteiger charge is 2.44. The molecule has 2 aliphatic rings. The lowest BCUT2D eigenvalue weighted by molar-refractivity contribution is -0.255. The lowest BCUT2D eigenvalue weighted by Crippen LogP contribution is -2.48. The summed E-state index contributed by atoms with van der Waals surface area (Å²) in [6.07, 6.45) is -1.82. The normalized spacial score (nSPS) is 23.8. The number of carbonyl (C=O) groups excluding carboxylic acids is 2. The standard InChI is InChI=1S/C26H30O8/c1-15-5-7-19(13-20(15)11-18-6-8-21-22(12-18)31-10-9-30-21)25-26(33-17(3)28)23(32-16(2)27)14-24(29-4)34-25/h5-8,12-13,23-26H,9-11,14H2,1-4H3/t23?,24-,25?,26-/m1/s1. The summed E-state index contributed by atoms with van der Waals surface area (Å²) >= 11 is 0. The maximum atomic E-state index is 11.9. The Morgan fingerprint density at radius 3 is 2.41 bits per heavy atom. The summed E-state index contributed by atoms with van der Waals surface area (Å²) in [5, 5.41) is 0. The fourth-order valence-electron chi connectivity index (χ4n) is 4.37. The zero-order valence-corrected chi connectivity index (χ0v) is 19.9. The Balaban J connectivity index is 1.64. The molecule has 0 saturated carbocycles. The molecule has 4 atom stereocenters. The summed E-state index contributed by atoms with van der Waals surface area (Å²) in [5.74, 6) is 0.564. The number of hydrogen-bond acceptors (Lipinski definition) is 8. The van der Waals surface area contributed by atoms with E-state index in [0.29, 0.717) is 19.6 Å². The number of carbonyl (C=O) groups is 2. The number of rotatable bonds is 6. The van der Waals surface area contributed by atoms with Gasteiger partial charge in [-0.05, 0) is 47.7 Å². The Labute approximate surface area is 199 Å². The van der Waals surface area contributed by atoms with Crippen molar-refractivity contribution in [3.63, 3.8) is 0 Å². The number of methoxy groups -OCH3 is 1. The van der Waals surface area contributed by atoms with Crippen LogP contribution in [0.5, 0.6) is 11.5 Å². The minimum Gasteiger partial charge on any atom is -0.486 e. The van der Waals surface area contributed by atoms with Crippen molar-refractivity contribution in [2.75, 3.05) is 20.3 Å². The molecule has 8 nitrogen and oxygen atoms in total. The number of benzene rings is 2. The van der Waals surface area contributed by atoms with E-state index in [0.717, 1.165) is 33.8 Å². The van der Waals surface area contributed by atoms with Gasteiger partial charge in [0, 0.05) is 27.4 Å². The quantitative estimate of drug-likeness (QED) is 0.591. The maximum Gasteiger partial charge on any atom is 0.303 e. The number of esters is 2. The van der Waals surface area contributed by atoms with E-state index < -0.39 is 36.5 Å². The van der Waals surface area contributed by atoms with Crippen LogP contribution in [0.2, 0.25) is 0 Å². The number of aryl methyl sites for hydroxylation is 1. The van der Waals surface area contributed by atoms with Gasteiger partial charge in [-0.15, -0.1) is 0 Å².